The Morgan fingerprint density at radius 3 is 2.58 bits per heavy atom. The summed E-state index contributed by atoms with van der Waals surface area (Å²) in [6.45, 7) is 0.779. The Morgan fingerprint density at radius 2 is 1.92 bits per heavy atom. The van der Waals surface area contributed by atoms with Gasteiger partial charge in [-0.15, -0.1) is 0 Å². The Kier molecular flexibility index (Phi) is 7.01. The molecule has 0 spiro atoms. The molecule has 3 aromatic rings. The number of amides is 1. The third-order valence-electron chi connectivity index (χ3n) is 5.71. The van der Waals surface area contributed by atoms with E-state index in [0.29, 0.717) is 0 Å². The zero-order valence-electron chi connectivity index (χ0n) is 19.1. The number of carbonyl (C=O) groups is 1. The van der Waals surface area contributed by atoms with Crippen LogP contribution in [0.15, 0.2) is 18.5 Å². The molecule has 4 heterocycles. The van der Waals surface area contributed by atoms with Crippen LogP contribution in [0.2, 0.25) is 5.02 Å². The Balaban J connectivity index is 1.61. The Bertz CT molecular complexity index is 1420. The maximum Gasteiger partial charge on any atom is 0.287 e. The topological polar surface area (TPSA) is 125 Å². The quantitative estimate of drug-likeness (QED) is 0.478. The monoisotopic (exact) mass is 547 g/mol. The van der Waals surface area contributed by atoms with Crippen LogP contribution in [0, 0.1) is 5.82 Å². The fraction of sp³-hybridized carbons (Fsp3) is 0.429. The Labute approximate surface area is 208 Å². The van der Waals surface area contributed by atoms with E-state index in [2.05, 4.69) is 20.3 Å². The number of carbonyl (C=O) groups excluding carboxylic acids is 1. The van der Waals surface area contributed by atoms with E-state index in [4.69, 9.17) is 21.1 Å². The maximum atomic E-state index is 15.4. The van der Waals surface area contributed by atoms with E-state index < -0.39 is 46.0 Å². The standard InChI is InChI=1S/C21H21ClF3N5O5S/c1-21(3-5-36(32,33)6-4-21)29-18(31)17-28-12-9-27-20(15(25)16(12)30(17)2)35-19-13(34-10-14(23)24)7-11(22)8-26-19/h7-9,14H,3-6,10H2,1-2H3,(H,29,31). The Hall–Kier alpha value is -3.13. The molecule has 10 nitrogen and oxygen atoms in total. The second-order valence-corrected chi connectivity index (χ2v) is 11.3. The average molecular weight is 548 g/mol. The van der Waals surface area contributed by atoms with Gasteiger partial charge in [-0.3, -0.25) is 4.79 Å². The highest BCUT2D eigenvalue weighted by atomic mass is 35.5. The minimum atomic E-state index is -3.14. The summed E-state index contributed by atoms with van der Waals surface area (Å²) < 4.78 is 75.5. The van der Waals surface area contributed by atoms with Gasteiger partial charge in [-0.2, -0.15) is 4.39 Å². The molecule has 36 heavy (non-hydrogen) atoms. The summed E-state index contributed by atoms with van der Waals surface area (Å²) in [5.41, 5.74) is -0.812. The van der Waals surface area contributed by atoms with Crippen LogP contribution >= 0.6 is 11.6 Å². The molecule has 0 saturated carbocycles. The molecule has 0 aromatic carbocycles. The SMILES string of the molecule is Cn1c(C(=O)NC2(C)CCS(=O)(=O)CC2)nc2cnc(Oc3ncc(Cl)cc3OCC(F)F)c(F)c21. The second-order valence-electron chi connectivity index (χ2n) is 8.53. The van der Waals surface area contributed by atoms with Crippen LogP contribution < -0.4 is 14.8 Å². The van der Waals surface area contributed by atoms with E-state index in [9.17, 15) is 22.0 Å². The van der Waals surface area contributed by atoms with Crippen molar-refractivity contribution in [3.63, 3.8) is 0 Å². The molecule has 1 amide bonds. The van der Waals surface area contributed by atoms with Crippen molar-refractivity contribution in [3.05, 3.63) is 35.1 Å². The number of rotatable bonds is 7. The zero-order chi connectivity index (χ0) is 26.3. The molecule has 1 aliphatic heterocycles. The average Bonchev–Trinajstić information content (AvgIpc) is 3.15. The smallest absolute Gasteiger partial charge is 0.287 e. The molecule has 3 aromatic heterocycles. The summed E-state index contributed by atoms with van der Waals surface area (Å²) in [5, 5.41) is 2.89. The number of nitrogens with zero attached hydrogens (tertiary/aromatic N) is 4. The van der Waals surface area contributed by atoms with Crippen molar-refractivity contribution in [2.75, 3.05) is 18.1 Å². The van der Waals surface area contributed by atoms with Crippen LogP contribution in [0.4, 0.5) is 13.2 Å². The van der Waals surface area contributed by atoms with Crippen LogP contribution in [0.5, 0.6) is 17.5 Å². The van der Waals surface area contributed by atoms with Crippen LogP contribution in [0.3, 0.4) is 0 Å². The van der Waals surface area contributed by atoms with Gasteiger partial charge in [0.15, 0.2) is 11.6 Å². The number of fused-ring (bicyclic) bond motifs is 1. The van der Waals surface area contributed by atoms with E-state index in [-0.39, 0.29) is 57.9 Å². The normalized spacial score (nSPS) is 16.8. The predicted molar refractivity (Wildman–Crippen MR) is 123 cm³/mol. The van der Waals surface area contributed by atoms with E-state index in [1.54, 1.807) is 6.92 Å². The fourth-order valence-corrected chi connectivity index (χ4v) is 5.57. The van der Waals surface area contributed by atoms with Crippen molar-refractivity contribution in [3.8, 4) is 17.5 Å². The number of aromatic nitrogens is 4. The van der Waals surface area contributed by atoms with Gasteiger partial charge in [0.2, 0.25) is 5.82 Å². The first kappa shape index (κ1) is 25.9. The molecule has 194 valence electrons. The third kappa shape index (κ3) is 5.48. The highest BCUT2D eigenvalue weighted by Crippen LogP contribution is 2.34. The number of alkyl halides is 2. The highest BCUT2D eigenvalue weighted by Gasteiger charge is 2.35. The van der Waals surface area contributed by atoms with Crippen LogP contribution in [0.25, 0.3) is 11.0 Å². The van der Waals surface area contributed by atoms with Crippen molar-refractivity contribution in [1.29, 1.82) is 0 Å². The lowest BCUT2D eigenvalue weighted by Gasteiger charge is -2.34. The first-order valence-corrected chi connectivity index (χ1v) is 12.9. The summed E-state index contributed by atoms with van der Waals surface area (Å²) in [6, 6.07) is 1.19. The number of aryl methyl sites for hydroxylation is 1. The fourth-order valence-electron chi connectivity index (χ4n) is 3.70. The lowest BCUT2D eigenvalue weighted by atomic mass is 9.95. The van der Waals surface area contributed by atoms with Crippen molar-refractivity contribution < 1.29 is 35.9 Å². The van der Waals surface area contributed by atoms with Crippen LogP contribution in [0.1, 0.15) is 30.4 Å². The van der Waals surface area contributed by atoms with Crippen LogP contribution in [-0.4, -0.2) is 63.9 Å². The molecule has 1 saturated heterocycles. The molecule has 0 atom stereocenters. The van der Waals surface area contributed by atoms with Crippen molar-refractivity contribution in [1.82, 2.24) is 24.8 Å². The van der Waals surface area contributed by atoms with Crippen LogP contribution in [-0.2, 0) is 16.9 Å². The lowest BCUT2D eigenvalue weighted by molar-refractivity contribution is 0.0803. The molecule has 1 fully saturated rings. The third-order valence-corrected chi connectivity index (χ3v) is 7.57. The largest absolute Gasteiger partial charge is 0.482 e. The van der Waals surface area contributed by atoms with Gasteiger partial charge in [0, 0.05) is 24.8 Å². The second kappa shape index (κ2) is 9.73. The van der Waals surface area contributed by atoms with Gasteiger partial charge in [0.25, 0.3) is 24.1 Å². The number of halogens is 4. The van der Waals surface area contributed by atoms with Gasteiger partial charge in [-0.25, -0.2) is 32.2 Å². The minimum absolute atomic E-state index is 0.0483. The van der Waals surface area contributed by atoms with Gasteiger partial charge < -0.3 is 19.4 Å². The number of hydrogen-bond acceptors (Lipinski definition) is 8. The van der Waals surface area contributed by atoms with E-state index in [1.807, 2.05) is 0 Å². The molecule has 0 bridgehead atoms. The van der Waals surface area contributed by atoms with Crippen molar-refractivity contribution >= 4 is 38.4 Å². The number of imidazole rings is 1. The molecule has 1 N–H and O–H groups in total. The van der Waals surface area contributed by atoms with Gasteiger partial charge in [-0.05, 0) is 19.8 Å². The molecular formula is C21H21ClF3N5O5S. The molecule has 0 unspecified atom stereocenters. The highest BCUT2D eigenvalue weighted by molar-refractivity contribution is 7.91. The Morgan fingerprint density at radius 1 is 1.25 bits per heavy atom. The predicted octanol–water partition coefficient (Wildman–Crippen LogP) is 3.29. The summed E-state index contributed by atoms with van der Waals surface area (Å²) >= 11 is 5.84. The lowest BCUT2D eigenvalue weighted by Crippen LogP contribution is -2.51. The number of pyridine rings is 2. The maximum absolute atomic E-state index is 15.4. The summed E-state index contributed by atoms with van der Waals surface area (Å²) in [6.07, 6.45) is 0.0370. The first-order valence-electron chi connectivity index (χ1n) is 10.7. The summed E-state index contributed by atoms with van der Waals surface area (Å²) in [5.74, 6) is -2.95. The van der Waals surface area contributed by atoms with E-state index in [1.165, 1.54) is 23.9 Å². The van der Waals surface area contributed by atoms with Gasteiger partial charge in [0.05, 0.1) is 22.7 Å². The summed E-state index contributed by atoms with van der Waals surface area (Å²) in [7, 11) is -1.72. The first-order chi connectivity index (χ1) is 16.9. The number of ether oxygens (including phenoxy) is 2. The number of nitrogens with one attached hydrogen (secondary N) is 1. The van der Waals surface area contributed by atoms with Crippen molar-refractivity contribution in [2.45, 2.75) is 31.7 Å². The summed E-state index contributed by atoms with van der Waals surface area (Å²) in [4.78, 5) is 24.8. The van der Waals surface area contributed by atoms with Gasteiger partial charge >= 0.3 is 0 Å². The van der Waals surface area contributed by atoms with Crippen molar-refractivity contribution in [2.24, 2.45) is 7.05 Å². The molecule has 0 aliphatic carbocycles. The molecule has 4 rings (SSSR count). The number of hydrogen-bond donors (Lipinski definition) is 1. The van der Waals surface area contributed by atoms with Gasteiger partial charge in [0.1, 0.15) is 27.5 Å². The minimum Gasteiger partial charge on any atom is -0.482 e. The number of sulfone groups is 1. The van der Waals surface area contributed by atoms with E-state index >= 15 is 4.39 Å². The molecule has 1 aliphatic rings. The molecule has 15 heteroatoms. The molecule has 0 radical (unpaired) electrons. The molecular weight excluding hydrogens is 527 g/mol. The van der Waals surface area contributed by atoms with E-state index in [0.717, 1.165) is 6.20 Å². The zero-order valence-corrected chi connectivity index (χ0v) is 20.7. The van der Waals surface area contributed by atoms with Gasteiger partial charge in [-0.1, -0.05) is 11.6 Å².